The van der Waals surface area contributed by atoms with Crippen LogP contribution in [-0.2, 0) is 4.79 Å². The van der Waals surface area contributed by atoms with E-state index in [1.54, 1.807) is 0 Å². The fraction of sp³-hybridized carbons (Fsp3) is 0.273. The summed E-state index contributed by atoms with van der Waals surface area (Å²) in [6.07, 6.45) is 2.68. The number of nitrogens with zero attached hydrogens (tertiary/aromatic N) is 1. The van der Waals surface area contributed by atoms with Gasteiger partial charge in [0, 0.05) is 11.7 Å². The molecule has 0 saturated heterocycles. The lowest BCUT2D eigenvalue weighted by molar-refractivity contribution is -0.122. The highest BCUT2D eigenvalue weighted by atomic mass is 16.1. The Labute approximate surface area is 153 Å². The quantitative estimate of drug-likeness (QED) is 0.641. The van der Waals surface area contributed by atoms with Crippen LogP contribution in [0.2, 0.25) is 0 Å². The van der Waals surface area contributed by atoms with E-state index < -0.39 is 0 Å². The number of carbonyl (C=O) groups excluding carboxylic acids is 1. The molecular formula is C22H23N3O. The maximum absolute atomic E-state index is 12.6. The Hall–Kier alpha value is -3.06. The van der Waals surface area contributed by atoms with Gasteiger partial charge in [-0.25, -0.2) is 0 Å². The van der Waals surface area contributed by atoms with Gasteiger partial charge in [0.15, 0.2) is 0 Å². The predicted molar refractivity (Wildman–Crippen MR) is 105 cm³/mol. The van der Waals surface area contributed by atoms with Crippen molar-refractivity contribution in [3.63, 3.8) is 0 Å². The molecule has 1 amide bonds. The van der Waals surface area contributed by atoms with Crippen LogP contribution in [-0.4, -0.2) is 17.4 Å². The number of nitrogens with one attached hydrogen (secondary N) is 2. The second kappa shape index (κ2) is 7.88. The van der Waals surface area contributed by atoms with Gasteiger partial charge >= 0.3 is 0 Å². The van der Waals surface area contributed by atoms with E-state index in [1.165, 1.54) is 5.39 Å². The van der Waals surface area contributed by atoms with Gasteiger partial charge in [-0.2, -0.15) is 5.26 Å². The van der Waals surface area contributed by atoms with Crippen molar-refractivity contribution in [2.75, 3.05) is 6.54 Å². The predicted octanol–water partition coefficient (Wildman–Crippen LogP) is 4.60. The number of hydrogen-bond acceptors (Lipinski definition) is 2. The first-order valence-corrected chi connectivity index (χ1v) is 8.90. The Bertz CT molecular complexity index is 949. The van der Waals surface area contributed by atoms with Crippen LogP contribution in [0.25, 0.3) is 22.0 Å². The van der Waals surface area contributed by atoms with E-state index in [2.05, 4.69) is 60.5 Å². The van der Waals surface area contributed by atoms with Crippen LogP contribution in [0.1, 0.15) is 31.7 Å². The summed E-state index contributed by atoms with van der Waals surface area (Å²) in [4.78, 5) is 15.8. The maximum Gasteiger partial charge on any atom is 0.228 e. The number of aromatic nitrogens is 1. The van der Waals surface area contributed by atoms with E-state index >= 15 is 0 Å². The van der Waals surface area contributed by atoms with E-state index in [0.717, 1.165) is 28.6 Å². The van der Waals surface area contributed by atoms with Crippen LogP contribution in [0.15, 0.2) is 54.7 Å². The summed E-state index contributed by atoms with van der Waals surface area (Å²) in [6, 6.07) is 18.5. The average molecular weight is 345 g/mol. The molecule has 0 aliphatic rings. The van der Waals surface area contributed by atoms with Crippen molar-refractivity contribution in [1.82, 2.24) is 10.3 Å². The molecule has 3 aromatic rings. The van der Waals surface area contributed by atoms with E-state index in [0.29, 0.717) is 5.92 Å². The summed E-state index contributed by atoms with van der Waals surface area (Å²) in [5.74, 6) is 0.0467. The van der Waals surface area contributed by atoms with Crippen LogP contribution in [0, 0.1) is 17.2 Å². The highest BCUT2D eigenvalue weighted by molar-refractivity contribution is 5.86. The van der Waals surface area contributed by atoms with E-state index in [9.17, 15) is 4.79 Å². The molecule has 0 spiro atoms. The molecule has 2 aromatic carbocycles. The van der Waals surface area contributed by atoms with Crippen molar-refractivity contribution >= 4 is 16.8 Å². The highest BCUT2D eigenvalue weighted by Crippen LogP contribution is 2.30. The molecule has 4 heteroatoms. The van der Waals surface area contributed by atoms with Gasteiger partial charge in [-0.15, -0.1) is 0 Å². The minimum Gasteiger partial charge on any atom is -0.361 e. The van der Waals surface area contributed by atoms with Crippen molar-refractivity contribution < 1.29 is 4.79 Å². The molecule has 1 atom stereocenters. The van der Waals surface area contributed by atoms with Crippen molar-refractivity contribution in [3.05, 3.63) is 60.3 Å². The number of rotatable bonds is 6. The van der Waals surface area contributed by atoms with Gasteiger partial charge in [-0.1, -0.05) is 44.2 Å². The lowest BCUT2D eigenvalue weighted by Crippen LogP contribution is -2.30. The van der Waals surface area contributed by atoms with Crippen LogP contribution >= 0.6 is 0 Å². The smallest absolute Gasteiger partial charge is 0.228 e. The summed E-state index contributed by atoms with van der Waals surface area (Å²) >= 11 is 0. The fourth-order valence-electron chi connectivity index (χ4n) is 3.28. The zero-order valence-corrected chi connectivity index (χ0v) is 15.1. The van der Waals surface area contributed by atoms with Crippen molar-refractivity contribution in [2.45, 2.75) is 26.2 Å². The number of benzene rings is 2. The molecule has 0 fully saturated rings. The molecule has 0 aliphatic heterocycles. The highest BCUT2D eigenvalue weighted by Gasteiger charge is 2.22. The second-order valence-electron chi connectivity index (χ2n) is 6.96. The number of carbonyl (C=O) groups is 1. The van der Waals surface area contributed by atoms with Gasteiger partial charge < -0.3 is 10.3 Å². The number of fused-ring (bicyclic) bond motifs is 1. The number of hydrogen-bond donors (Lipinski definition) is 2. The topological polar surface area (TPSA) is 68.7 Å². The molecule has 4 nitrogen and oxygen atoms in total. The van der Waals surface area contributed by atoms with E-state index in [4.69, 9.17) is 5.26 Å². The molecule has 1 aromatic heterocycles. The standard InChI is InChI=1S/C22H23N3O/c1-15(2)12-20(22(26)25-11-9-23)18-5-3-4-16(13-18)17-6-7-21-19(14-17)8-10-24-21/h3-8,10,13-15,20,24H,11-12H2,1-2H3,(H,25,26)/t20-/m0/s1. The molecular weight excluding hydrogens is 322 g/mol. The first-order chi connectivity index (χ1) is 12.6. The lowest BCUT2D eigenvalue weighted by Gasteiger charge is -2.19. The Balaban J connectivity index is 1.94. The van der Waals surface area contributed by atoms with E-state index in [-0.39, 0.29) is 18.4 Å². The van der Waals surface area contributed by atoms with Crippen LogP contribution in [0.3, 0.4) is 0 Å². The van der Waals surface area contributed by atoms with Gasteiger partial charge in [0.1, 0.15) is 6.54 Å². The molecule has 0 radical (unpaired) electrons. The normalized spacial score (nSPS) is 12.1. The molecule has 0 unspecified atom stereocenters. The number of H-pyrrole nitrogens is 1. The summed E-state index contributed by atoms with van der Waals surface area (Å²) in [7, 11) is 0. The Morgan fingerprint density at radius 3 is 2.73 bits per heavy atom. The second-order valence-corrected chi connectivity index (χ2v) is 6.96. The fourth-order valence-corrected chi connectivity index (χ4v) is 3.28. The number of aromatic amines is 1. The van der Waals surface area contributed by atoms with Gasteiger partial charge in [0.05, 0.1) is 12.0 Å². The third-order valence-electron chi connectivity index (χ3n) is 4.54. The van der Waals surface area contributed by atoms with Crippen molar-refractivity contribution in [2.24, 2.45) is 5.92 Å². The average Bonchev–Trinajstić information content (AvgIpc) is 3.12. The SMILES string of the molecule is CC(C)C[C@H](C(=O)NCC#N)c1cccc(-c2ccc3[nH]ccc3c2)c1. The zero-order chi connectivity index (χ0) is 18.5. The summed E-state index contributed by atoms with van der Waals surface area (Å²) in [5, 5.41) is 12.6. The van der Waals surface area contributed by atoms with E-state index in [1.807, 2.05) is 24.4 Å². The molecule has 0 bridgehead atoms. The zero-order valence-electron chi connectivity index (χ0n) is 15.1. The third-order valence-corrected chi connectivity index (χ3v) is 4.54. The summed E-state index contributed by atoms with van der Waals surface area (Å²) in [5.41, 5.74) is 4.31. The van der Waals surface area contributed by atoms with Gasteiger partial charge in [0.2, 0.25) is 5.91 Å². The first kappa shape index (κ1) is 17.8. The maximum atomic E-state index is 12.6. The molecule has 0 aliphatic carbocycles. The van der Waals surface area contributed by atoms with Crippen LogP contribution < -0.4 is 5.32 Å². The van der Waals surface area contributed by atoms with Gasteiger partial charge in [-0.3, -0.25) is 4.79 Å². The Morgan fingerprint density at radius 2 is 1.96 bits per heavy atom. The Morgan fingerprint density at radius 1 is 1.15 bits per heavy atom. The molecule has 2 N–H and O–H groups in total. The van der Waals surface area contributed by atoms with Gasteiger partial charge in [-0.05, 0) is 52.6 Å². The van der Waals surface area contributed by atoms with Crippen LogP contribution in [0.5, 0.6) is 0 Å². The third kappa shape index (κ3) is 3.94. The number of amides is 1. The minimum atomic E-state index is -0.251. The minimum absolute atomic E-state index is 0.0390. The first-order valence-electron chi connectivity index (χ1n) is 8.90. The molecule has 0 saturated carbocycles. The Kier molecular flexibility index (Phi) is 5.38. The van der Waals surface area contributed by atoms with Gasteiger partial charge in [0.25, 0.3) is 0 Å². The molecule has 26 heavy (non-hydrogen) atoms. The number of nitriles is 1. The largest absolute Gasteiger partial charge is 0.361 e. The van der Waals surface area contributed by atoms with Crippen molar-refractivity contribution in [3.8, 4) is 17.2 Å². The van der Waals surface area contributed by atoms with Crippen LogP contribution in [0.4, 0.5) is 0 Å². The molecule has 132 valence electrons. The monoisotopic (exact) mass is 345 g/mol. The summed E-state index contributed by atoms with van der Waals surface area (Å²) < 4.78 is 0. The molecule has 3 rings (SSSR count). The molecule has 1 heterocycles. The lowest BCUT2D eigenvalue weighted by atomic mass is 9.88. The summed E-state index contributed by atoms with van der Waals surface area (Å²) in [6.45, 7) is 4.25. The van der Waals surface area contributed by atoms with Crippen molar-refractivity contribution in [1.29, 1.82) is 5.26 Å².